The minimum atomic E-state index is 0.181. The molecule has 100 valence electrons. The molecule has 19 heavy (non-hydrogen) atoms. The molecular weight excluding hydrogens is 234 g/mol. The van der Waals surface area contributed by atoms with Crippen molar-refractivity contribution in [2.45, 2.75) is 33.7 Å². The Hall–Kier alpha value is -1.74. The van der Waals surface area contributed by atoms with Crippen LogP contribution in [0.1, 0.15) is 41.0 Å². The van der Waals surface area contributed by atoms with E-state index in [-0.39, 0.29) is 6.04 Å². The van der Waals surface area contributed by atoms with Crippen LogP contribution in [0.15, 0.2) is 30.3 Å². The fourth-order valence-corrected chi connectivity index (χ4v) is 2.36. The van der Waals surface area contributed by atoms with Crippen LogP contribution in [0.5, 0.6) is 0 Å². The van der Waals surface area contributed by atoms with Crippen LogP contribution in [-0.2, 0) is 0 Å². The maximum atomic E-state index is 4.25. The van der Waals surface area contributed by atoms with Crippen LogP contribution in [0.4, 0.5) is 0 Å². The zero-order chi connectivity index (χ0) is 13.8. The van der Waals surface area contributed by atoms with Crippen LogP contribution in [0, 0.1) is 20.8 Å². The fourth-order valence-electron chi connectivity index (χ4n) is 2.36. The van der Waals surface area contributed by atoms with Gasteiger partial charge in [-0.05, 0) is 50.1 Å². The SMILES string of the molecule is CCNC(c1ccccc1C)c1cc(C)nnc1C. The number of aryl methyl sites for hydroxylation is 3. The van der Waals surface area contributed by atoms with E-state index in [0.717, 1.165) is 17.9 Å². The summed E-state index contributed by atoms with van der Waals surface area (Å²) in [6.07, 6.45) is 0. The Morgan fingerprint density at radius 3 is 2.47 bits per heavy atom. The van der Waals surface area contributed by atoms with Crippen molar-refractivity contribution in [3.8, 4) is 0 Å². The lowest BCUT2D eigenvalue weighted by Gasteiger charge is -2.22. The molecule has 0 radical (unpaired) electrons. The molecule has 0 saturated heterocycles. The van der Waals surface area contributed by atoms with Crippen LogP contribution in [0.25, 0.3) is 0 Å². The molecule has 1 aromatic heterocycles. The molecule has 3 nitrogen and oxygen atoms in total. The van der Waals surface area contributed by atoms with E-state index in [1.54, 1.807) is 0 Å². The molecule has 0 bridgehead atoms. The molecule has 0 spiro atoms. The van der Waals surface area contributed by atoms with E-state index in [2.05, 4.69) is 59.7 Å². The van der Waals surface area contributed by atoms with Gasteiger partial charge < -0.3 is 5.32 Å². The summed E-state index contributed by atoms with van der Waals surface area (Å²) in [6, 6.07) is 10.8. The molecule has 1 atom stereocenters. The van der Waals surface area contributed by atoms with E-state index in [1.165, 1.54) is 16.7 Å². The maximum absolute atomic E-state index is 4.25. The van der Waals surface area contributed by atoms with Gasteiger partial charge in [-0.25, -0.2) is 0 Å². The van der Waals surface area contributed by atoms with E-state index >= 15 is 0 Å². The first-order valence-electron chi connectivity index (χ1n) is 6.73. The van der Waals surface area contributed by atoms with Gasteiger partial charge in [-0.3, -0.25) is 0 Å². The lowest BCUT2D eigenvalue weighted by Crippen LogP contribution is -2.24. The normalized spacial score (nSPS) is 12.4. The molecule has 2 rings (SSSR count). The van der Waals surface area contributed by atoms with Gasteiger partial charge in [-0.15, -0.1) is 0 Å². The molecule has 1 N–H and O–H groups in total. The molecule has 3 heteroatoms. The van der Waals surface area contributed by atoms with Crippen molar-refractivity contribution in [1.82, 2.24) is 15.5 Å². The molecule has 0 aliphatic carbocycles. The highest BCUT2D eigenvalue weighted by molar-refractivity contribution is 5.38. The number of nitrogens with one attached hydrogen (secondary N) is 1. The molecule has 1 unspecified atom stereocenters. The van der Waals surface area contributed by atoms with E-state index < -0.39 is 0 Å². The maximum Gasteiger partial charge on any atom is 0.0651 e. The summed E-state index contributed by atoms with van der Waals surface area (Å²) < 4.78 is 0. The summed E-state index contributed by atoms with van der Waals surface area (Å²) in [5.74, 6) is 0. The van der Waals surface area contributed by atoms with E-state index in [1.807, 2.05) is 13.8 Å². The van der Waals surface area contributed by atoms with Gasteiger partial charge in [0.05, 0.1) is 17.4 Å². The summed E-state index contributed by atoms with van der Waals surface area (Å²) in [7, 11) is 0. The Kier molecular flexibility index (Phi) is 4.27. The Morgan fingerprint density at radius 2 is 1.79 bits per heavy atom. The Labute approximate surface area is 115 Å². The molecule has 1 aromatic carbocycles. The lowest BCUT2D eigenvalue weighted by atomic mass is 9.94. The van der Waals surface area contributed by atoms with Gasteiger partial charge in [0.2, 0.25) is 0 Å². The Morgan fingerprint density at radius 1 is 1.05 bits per heavy atom. The smallest absolute Gasteiger partial charge is 0.0651 e. The predicted molar refractivity (Wildman–Crippen MR) is 78.2 cm³/mol. The van der Waals surface area contributed by atoms with Gasteiger partial charge in [0.1, 0.15) is 0 Å². The molecule has 0 aliphatic heterocycles. The number of rotatable bonds is 4. The Balaban J connectivity index is 2.51. The first-order valence-corrected chi connectivity index (χ1v) is 6.73. The molecular formula is C16H21N3. The third-order valence-electron chi connectivity index (χ3n) is 3.36. The van der Waals surface area contributed by atoms with Crippen molar-refractivity contribution in [2.75, 3.05) is 6.54 Å². The van der Waals surface area contributed by atoms with Gasteiger partial charge >= 0.3 is 0 Å². The molecule has 1 heterocycles. The third kappa shape index (κ3) is 2.99. The molecule has 0 aliphatic rings. The number of hydrogen-bond donors (Lipinski definition) is 1. The van der Waals surface area contributed by atoms with E-state index in [4.69, 9.17) is 0 Å². The van der Waals surface area contributed by atoms with Crippen molar-refractivity contribution in [3.63, 3.8) is 0 Å². The van der Waals surface area contributed by atoms with Crippen LogP contribution < -0.4 is 5.32 Å². The van der Waals surface area contributed by atoms with Gasteiger partial charge in [0.25, 0.3) is 0 Å². The van der Waals surface area contributed by atoms with Crippen LogP contribution in [0.3, 0.4) is 0 Å². The minimum Gasteiger partial charge on any atom is -0.306 e. The Bertz CT molecular complexity index is 564. The van der Waals surface area contributed by atoms with Crippen LogP contribution in [-0.4, -0.2) is 16.7 Å². The largest absolute Gasteiger partial charge is 0.306 e. The summed E-state index contributed by atoms with van der Waals surface area (Å²) in [4.78, 5) is 0. The summed E-state index contributed by atoms with van der Waals surface area (Å²) in [5, 5.41) is 11.9. The molecule has 2 aromatic rings. The van der Waals surface area contributed by atoms with Crippen LogP contribution >= 0.6 is 0 Å². The second-order valence-electron chi connectivity index (χ2n) is 4.87. The first-order chi connectivity index (χ1) is 9.13. The molecule has 0 saturated carbocycles. The predicted octanol–water partition coefficient (Wildman–Crippen LogP) is 3.10. The zero-order valence-corrected chi connectivity index (χ0v) is 12.1. The van der Waals surface area contributed by atoms with Crippen molar-refractivity contribution < 1.29 is 0 Å². The number of hydrogen-bond acceptors (Lipinski definition) is 3. The average Bonchev–Trinajstić information content (AvgIpc) is 2.40. The summed E-state index contributed by atoms with van der Waals surface area (Å²) in [6.45, 7) is 9.19. The highest BCUT2D eigenvalue weighted by Gasteiger charge is 2.18. The summed E-state index contributed by atoms with van der Waals surface area (Å²) in [5.41, 5.74) is 5.75. The van der Waals surface area contributed by atoms with Crippen molar-refractivity contribution in [1.29, 1.82) is 0 Å². The number of aromatic nitrogens is 2. The third-order valence-corrected chi connectivity index (χ3v) is 3.36. The standard InChI is InChI=1S/C16H21N3/c1-5-17-16(14-9-7-6-8-11(14)2)15-10-12(3)18-19-13(15)4/h6-10,16-17H,5H2,1-4H3. The highest BCUT2D eigenvalue weighted by atomic mass is 15.1. The van der Waals surface area contributed by atoms with Crippen molar-refractivity contribution in [2.24, 2.45) is 0 Å². The number of benzene rings is 1. The molecule has 0 fully saturated rings. The van der Waals surface area contributed by atoms with Crippen molar-refractivity contribution in [3.05, 3.63) is 58.4 Å². The monoisotopic (exact) mass is 255 g/mol. The highest BCUT2D eigenvalue weighted by Crippen LogP contribution is 2.26. The fraction of sp³-hybridized carbons (Fsp3) is 0.375. The van der Waals surface area contributed by atoms with E-state index in [9.17, 15) is 0 Å². The van der Waals surface area contributed by atoms with Gasteiger partial charge in [-0.2, -0.15) is 10.2 Å². The van der Waals surface area contributed by atoms with Gasteiger partial charge in [-0.1, -0.05) is 31.2 Å². The zero-order valence-electron chi connectivity index (χ0n) is 12.1. The topological polar surface area (TPSA) is 37.8 Å². The van der Waals surface area contributed by atoms with Gasteiger partial charge in [0.15, 0.2) is 0 Å². The average molecular weight is 255 g/mol. The minimum absolute atomic E-state index is 0.181. The van der Waals surface area contributed by atoms with Crippen molar-refractivity contribution >= 4 is 0 Å². The summed E-state index contributed by atoms with van der Waals surface area (Å²) >= 11 is 0. The second-order valence-corrected chi connectivity index (χ2v) is 4.87. The number of nitrogens with zero attached hydrogens (tertiary/aromatic N) is 2. The first kappa shape index (κ1) is 13.7. The van der Waals surface area contributed by atoms with Crippen LogP contribution in [0.2, 0.25) is 0 Å². The van der Waals surface area contributed by atoms with Gasteiger partial charge in [0, 0.05) is 0 Å². The van der Waals surface area contributed by atoms with E-state index in [0.29, 0.717) is 0 Å². The molecule has 0 amide bonds. The second kappa shape index (κ2) is 5.93. The quantitative estimate of drug-likeness (QED) is 0.912. The lowest BCUT2D eigenvalue weighted by molar-refractivity contribution is 0.617.